The maximum atomic E-state index is 5.44. The van der Waals surface area contributed by atoms with E-state index in [0.717, 1.165) is 30.1 Å². The SMILES string of the molecule is COc1ccc(C)cc1Cn1cc(CNC(C)C)c(C)n1. The van der Waals surface area contributed by atoms with Gasteiger partial charge in [0.25, 0.3) is 0 Å². The average molecular weight is 287 g/mol. The molecule has 114 valence electrons. The maximum Gasteiger partial charge on any atom is 0.123 e. The highest BCUT2D eigenvalue weighted by atomic mass is 16.5. The standard InChI is InChI=1S/C17H25N3O/c1-12(2)18-9-16-11-20(19-14(16)4)10-15-8-13(3)6-7-17(15)21-5/h6-8,11-12,18H,9-10H2,1-5H3. The number of rotatable bonds is 6. The lowest BCUT2D eigenvalue weighted by atomic mass is 10.1. The quantitative estimate of drug-likeness (QED) is 0.887. The molecule has 0 radical (unpaired) electrons. The van der Waals surface area contributed by atoms with Crippen molar-refractivity contribution in [1.82, 2.24) is 15.1 Å². The van der Waals surface area contributed by atoms with Crippen molar-refractivity contribution in [3.8, 4) is 5.75 Å². The number of methoxy groups -OCH3 is 1. The number of nitrogens with zero attached hydrogens (tertiary/aromatic N) is 2. The van der Waals surface area contributed by atoms with Crippen LogP contribution in [0.4, 0.5) is 0 Å². The molecule has 4 heteroatoms. The van der Waals surface area contributed by atoms with E-state index >= 15 is 0 Å². The first kappa shape index (κ1) is 15.6. The zero-order valence-electron chi connectivity index (χ0n) is 13.6. The monoisotopic (exact) mass is 287 g/mol. The van der Waals surface area contributed by atoms with Crippen LogP contribution in [0.15, 0.2) is 24.4 Å². The van der Waals surface area contributed by atoms with Crippen molar-refractivity contribution in [2.45, 2.75) is 46.8 Å². The molecule has 2 rings (SSSR count). The van der Waals surface area contributed by atoms with E-state index in [-0.39, 0.29) is 0 Å². The van der Waals surface area contributed by atoms with Gasteiger partial charge in [-0.2, -0.15) is 5.10 Å². The molecule has 0 saturated heterocycles. The third-order valence-electron chi connectivity index (χ3n) is 3.52. The van der Waals surface area contributed by atoms with Crippen LogP contribution in [0.5, 0.6) is 5.75 Å². The molecule has 0 spiro atoms. The minimum Gasteiger partial charge on any atom is -0.496 e. The summed E-state index contributed by atoms with van der Waals surface area (Å²) in [6, 6.07) is 6.71. The lowest BCUT2D eigenvalue weighted by Crippen LogP contribution is -2.21. The highest BCUT2D eigenvalue weighted by Crippen LogP contribution is 2.21. The first-order valence-corrected chi connectivity index (χ1v) is 7.39. The fraction of sp³-hybridized carbons (Fsp3) is 0.471. The van der Waals surface area contributed by atoms with Crippen molar-refractivity contribution >= 4 is 0 Å². The minimum absolute atomic E-state index is 0.476. The topological polar surface area (TPSA) is 39.1 Å². The van der Waals surface area contributed by atoms with Crippen molar-refractivity contribution in [3.05, 3.63) is 46.8 Å². The summed E-state index contributed by atoms with van der Waals surface area (Å²) in [5.41, 5.74) is 4.71. The average Bonchev–Trinajstić information content (AvgIpc) is 2.77. The van der Waals surface area contributed by atoms with E-state index in [2.05, 4.69) is 56.4 Å². The summed E-state index contributed by atoms with van der Waals surface area (Å²) in [6.07, 6.45) is 2.12. The first-order valence-electron chi connectivity index (χ1n) is 7.39. The Morgan fingerprint density at radius 2 is 2.00 bits per heavy atom. The summed E-state index contributed by atoms with van der Waals surface area (Å²) in [7, 11) is 1.71. The summed E-state index contributed by atoms with van der Waals surface area (Å²) in [5.74, 6) is 0.913. The Balaban J connectivity index is 2.16. The molecule has 1 aromatic heterocycles. The lowest BCUT2D eigenvalue weighted by Gasteiger charge is -2.09. The fourth-order valence-electron chi connectivity index (χ4n) is 2.33. The van der Waals surface area contributed by atoms with Gasteiger partial charge >= 0.3 is 0 Å². The number of hydrogen-bond donors (Lipinski definition) is 1. The Bertz CT molecular complexity index is 602. The van der Waals surface area contributed by atoms with Gasteiger partial charge in [0, 0.05) is 29.9 Å². The second-order valence-electron chi connectivity index (χ2n) is 5.79. The van der Waals surface area contributed by atoms with Crippen LogP contribution in [0.3, 0.4) is 0 Å². The van der Waals surface area contributed by atoms with Crippen molar-refractivity contribution in [2.75, 3.05) is 7.11 Å². The highest BCUT2D eigenvalue weighted by Gasteiger charge is 2.09. The van der Waals surface area contributed by atoms with Crippen LogP contribution in [0.25, 0.3) is 0 Å². The molecule has 4 nitrogen and oxygen atoms in total. The smallest absolute Gasteiger partial charge is 0.123 e. The number of aryl methyl sites for hydroxylation is 2. The summed E-state index contributed by atoms with van der Waals surface area (Å²) in [6.45, 7) is 10.0. The summed E-state index contributed by atoms with van der Waals surface area (Å²) in [4.78, 5) is 0. The molecule has 1 N–H and O–H groups in total. The largest absolute Gasteiger partial charge is 0.496 e. The van der Waals surface area contributed by atoms with E-state index in [1.807, 2.05) is 10.7 Å². The molecule has 0 unspecified atom stereocenters. The third-order valence-corrected chi connectivity index (χ3v) is 3.52. The molecule has 0 aliphatic carbocycles. The Labute approximate surface area is 127 Å². The van der Waals surface area contributed by atoms with E-state index in [0.29, 0.717) is 6.04 Å². The molecule has 0 saturated carbocycles. The second-order valence-corrected chi connectivity index (χ2v) is 5.79. The number of aromatic nitrogens is 2. The van der Waals surface area contributed by atoms with Gasteiger partial charge in [0.05, 0.1) is 19.3 Å². The van der Waals surface area contributed by atoms with E-state index in [1.165, 1.54) is 11.1 Å². The van der Waals surface area contributed by atoms with Gasteiger partial charge in [-0.1, -0.05) is 31.5 Å². The molecule has 0 aliphatic heterocycles. The molecule has 0 fully saturated rings. The van der Waals surface area contributed by atoms with Gasteiger partial charge in [-0.05, 0) is 19.9 Å². The normalized spacial score (nSPS) is 11.1. The fourth-order valence-corrected chi connectivity index (χ4v) is 2.33. The van der Waals surface area contributed by atoms with Gasteiger partial charge in [0.1, 0.15) is 5.75 Å². The van der Waals surface area contributed by atoms with Crippen molar-refractivity contribution in [1.29, 1.82) is 0 Å². The Hall–Kier alpha value is -1.81. The molecule has 2 aromatic rings. The van der Waals surface area contributed by atoms with Crippen molar-refractivity contribution in [2.24, 2.45) is 0 Å². The number of hydrogen-bond acceptors (Lipinski definition) is 3. The van der Waals surface area contributed by atoms with Crippen LogP contribution in [0, 0.1) is 13.8 Å². The van der Waals surface area contributed by atoms with Gasteiger partial charge in [0.2, 0.25) is 0 Å². The molecule has 21 heavy (non-hydrogen) atoms. The number of ether oxygens (including phenoxy) is 1. The molecule has 0 bridgehead atoms. The highest BCUT2D eigenvalue weighted by molar-refractivity contribution is 5.37. The molecular formula is C17H25N3O. The second kappa shape index (κ2) is 6.76. The maximum absolute atomic E-state index is 5.44. The van der Waals surface area contributed by atoms with Gasteiger partial charge in [-0.25, -0.2) is 0 Å². The van der Waals surface area contributed by atoms with Crippen LogP contribution in [0.1, 0.15) is 36.2 Å². The van der Waals surface area contributed by atoms with Gasteiger partial charge < -0.3 is 10.1 Å². The van der Waals surface area contributed by atoms with Gasteiger partial charge in [-0.15, -0.1) is 0 Å². The zero-order valence-corrected chi connectivity index (χ0v) is 13.6. The third kappa shape index (κ3) is 4.08. The minimum atomic E-state index is 0.476. The Kier molecular flexibility index (Phi) is 5.02. The van der Waals surface area contributed by atoms with E-state index in [1.54, 1.807) is 7.11 Å². The number of nitrogens with one attached hydrogen (secondary N) is 1. The molecule has 1 aromatic carbocycles. The van der Waals surface area contributed by atoms with Crippen molar-refractivity contribution < 1.29 is 4.74 Å². The predicted molar refractivity (Wildman–Crippen MR) is 85.8 cm³/mol. The molecular weight excluding hydrogens is 262 g/mol. The number of benzene rings is 1. The molecule has 0 atom stereocenters. The Morgan fingerprint density at radius 1 is 1.24 bits per heavy atom. The summed E-state index contributed by atoms with van der Waals surface area (Å²) < 4.78 is 7.43. The van der Waals surface area contributed by atoms with E-state index < -0.39 is 0 Å². The predicted octanol–water partition coefficient (Wildman–Crippen LogP) is 3.05. The summed E-state index contributed by atoms with van der Waals surface area (Å²) >= 11 is 0. The molecule has 0 amide bonds. The van der Waals surface area contributed by atoms with Crippen LogP contribution in [-0.4, -0.2) is 22.9 Å². The van der Waals surface area contributed by atoms with Crippen molar-refractivity contribution in [3.63, 3.8) is 0 Å². The van der Waals surface area contributed by atoms with Crippen LogP contribution in [0.2, 0.25) is 0 Å². The van der Waals surface area contributed by atoms with Crippen LogP contribution < -0.4 is 10.1 Å². The molecule has 1 heterocycles. The summed E-state index contributed by atoms with van der Waals surface area (Å²) in [5, 5.41) is 8.04. The van der Waals surface area contributed by atoms with Gasteiger partial charge in [0.15, 0.2) is 0 Å². The van der Waals surface area contributed by atoms with E-state index in [9.17, 15) is 0 Å². The van der Waals surface area contributed by atoms with E-state index in [4.69, 9.17) is 4.74 Å². The van der Waals surface area contributed by atoms with Crippen LogP contribution >= 0.6 is 0 Å². The molecule has 0 aliphatic rings. The zero-order chi connectivity index (χ0) is 15.4. The first-order chi connectivity index (χ1) is 9.99. The Morgan fingerprint density at radius 3 is 2.67 bits per heavy atom. The lowest BCUT2D eigenvalue weighted by molar-refractivity contribution is 0.407. The van der Waals surface area contributed by atoms with Gasteiger partial charge in [-0.3, -0.25) is 4.68 Å². The van der Waals surface area contributed by atoms with Crippen LogP contribution in [-0.2, 0) is 13.1 Å².